The third kappa shape index (κ3) is 3.98. The summed E-state index contributed by atoms with van der Waals surface area (Å²) in [7, 11) is 0. The molecular weight excluding hydrogens is 220 g/mol. The van der Waals surface area contributed by atoms with Crippen molar-refractivity contribution in [2.45, 2.75) is 51.6 Å². The van der Waals surface area contributed by atoms with Crippen LogP contribution in [0.3, 0.4) is 0 Å². The van der Waals surface area contributed by atoms with Crippen molar-refractivity contribution < 1.29 is 4.79 Å². The molecule has 3 N–H and O–H groups in total. The summed E-state index contributed by atoms with van der Waals surface area (Å²) in [4.78, 5) is 11.9. The Morgan fingerprint density at radius 2 is 2.25 bits per heavy atom. The molecule has 1 fully saturated rings. The van der Waals surface area contributed by atoms with Gasteiger partial charge in [-0.25, -0.2) is 0 Å². The fourth-order valence-corrected chi connectivity index (χ4v) is 2.53. The predicted molar refractivity (Wildman–Crippen MR) is 70.5 cm³/mol. The van der Waals surface area contributed by atoms with Gasteiger partial charge < -0.3 is 11.1 Å². The van der Waals surface area contributed by atoms with E-state index in [1.54, 1.807) is 0 Å². The van der Waals surface area contributed by atoms with Crippen molar-refractivity contribution in [2.75, 3.05) is 11.5 Å². The maximum Gasteiger partial charge on any atom is 0.240 e. The Kier molecular flexibility index (Phi) is 5.12. The van der Waals surface area contributed by atoms with Gasteiger partial charge in [-0.05, 0) is 50.5 Å². The van der Waals surface area contributed by atoms with Gasteiger partial charge in [-0.15, -0.1) is 0 Å². The zero-order chi connectivity index (χ0) is 12.2. The van der Waals surface area contributed by atoms with E-state index in [0.717, 1.165) is 30.8 Å². The highest BCUT2D eigenvalue weighted by Gasteiger charge is 2.44. The molecule has 0 radical (unpaired) electrons. The van der Waals surface area contributed by atoms with E-state index in [-0.39, 0.29) is 11.9 Å². The third-order valence-corrected chi connectivity index (χ3v) is 4.12. The molecule has 1 aliphatic carbocycles. The summed E-state index contributed by atoms with van der Waals surface area (Å²) in [6.07, 6.45) is 3.21. The number of nitrogens with one attached hydrogen (secondary N) is 1. The van der Waals surface area contributed by atoms with E-state index < -0.39 is 5.54 Å². The molecule has 1 saturated carbocycles. The molecule has 2 unspecified atom stereocenters. The molecule has 0 aromatic carbocycles. The average molecular weight is 244 g/mol. The van der Waals surface area contributed by atoms with Crippen molar-refractivity contribution in [3.05, 3.63) is 0 Å². The molecule has 0 aromatic heterocycles. The van der Waals surface area contributed by atoms with Gasteiger partial charge in [0.15, 0.2) is 0 Å². The topological polar surface area (TPSA) is 55.1 Å². The molecule has 94 valence electrons. The van der Waals surface area contributed by atoms with Crippen molar-refractivity contribution in [2.24, 2.45) is 11.7 Å². The fourth-order valence-electron chi connectivity index (χ4n) is 1.72. The molecule has 3 nitrogen and oxygen atoms in total. The van der Waals surface area contributed by atoms with Crippen LogP contribution < -0.4 is 11.1 Å². The second kappa shape index (κ2) is 5.92. The second-order valence-corrected chi connectivity index (χ2v) is 6.31. The molecule has 4 heteroatoms. The van der Waals surface area contributed by atoms with Crippen LogP contribution in [0.5, 0.6) is 0 Å². The Balaban J connectivity index is 2.27. The summed E-state index contributed by atoms with van der Waals surface area (Å²) in [5, 5.41) is 3.02. The van der Waals surface area contributed by atoms with Gasteiger partial charge in [0, 0.05) is 6.04 Å². The molecule has 16 heavy (non-hydrogen) atoms. The molecule has 0 spiro atoms. The standard InChI is InChI=1S/C12H24N2OS/c1-4-16-8-7-9(2)14-11(15)12(3,13)10-5-6-10/h9-10H,4-8,13H2,1-3H3,(H,14,15). The van der Waals surface area contributed by atoms with Crippen molar-refractivity contribution >= 4 is 17.7 Å². The van der Waals surface area contributed by atoms with E-state index in [4.69, 9.17) is 5.73 Å². The third-order valence-electron chi connectivity index (χ3n) is 3.19. The highest BCUT2D eigenvalue weighted by Crippen LogP contribution is 2.38. The van der Waals surface area contributed by atoms with Crippen LogP contribution in [0.15, 0.2) is 0 Å². The largest absolute Gasteiger partial charge is 0.352 e. The molecule has 1 aliphatic rings. The highest BCUT2D eigenvalue weighted by atomic mass is 32.2. The van der Waals surface area contributed by atoms with Crippen LogP contribution in [-0.4, -0.2) is 29.0 Å². The van der Waals surface area contributed by atoms with E-state index in [1.807, 2.05) is 18.7 Å². The van der Waals surface area contributed by atoms with Crippen LogP contribution in [0, 0.1) is 5.92 Å². The first-order valence-electron chi connectivity index (χ1n) is 6.16. The van der Waals surface area contributed by atoms with Crippen LogP contribution >= 0.6 is 11.8 Å². The Labute approximate surface area is 103 Å². The predicted octanol–water partition coefficient (Wildman–Crippen LogP) is 1.76. The lowest BCUT2D eigenvalue weighted by Crippen LogP contribution is -2.55. The van der Waals surface area contributed by atoms with Crippen LogP contribution in [0.4, 0.5) is 0 Å². The molecule has 1 rings (SSSR count). The molecule has 0 aliphatic heterocycles. The van der Waals surface area contributed by atoms with Crippen LogP contribution in [-0.2, 0) is 4.79 Å². The molecule has 0 saturated heterocycles. The number of hydrogen-bond donors (Lipinski definition) is 2. The van der Waals surface area contributed by atoms with Crippen molar-refractivity contribution in [3.63, 3.8) is 0 Å². The molecule has 0 aromatic rings. The summed E-state index contributed by atoms with van der Waals surface area (Å²) in [6.45, 7) is 6.06. The Bertz CT molecular complexity index is 239. The number of rotatable bonds is 7. The summed E-state index contributed by atoms with van der Waals surface area (Å²) in [5.74, 6) is 2.65. The molecular formula is C12H24N2OS. The van der Waals surface area contributed by atoms with Crippen molar-refractivity contribution in [1.82, 2.24) is 5.32 Å². The van der Waals surface area contributed by atoms with E-state index in [0.29, 0.717) is 5.92 Å². The van der Waals surface area contributed by atoms with Crippen LogP contribution in [0.25, 0.3) is 0 Å². The monoisotopic (exact) mass is 244 g/mol. The zero-order valence-corrected chi connectivity index (χ0v) is 11.4. The van der Waals surface area contributed by atoms with Gasteiger partial charge in [-0.2, -0.15) is 11.8 Å². The summed E-state index contributed by atoms with van der Waals surface area (Å²) in [5.41, 5.74) is 5.39. The SMILES string of the molecule is CCSCCC(C)NC(=O)C(C)(N)C1CC1. The first-order valence-corrected chi connectivity index (χ1v) is 7.31. The smallest absolute Gasteiger partial charge is 0.240 e. The summed E-state index contributed by atoms with van der Waals surface area (Å²) < 4.78 is 0. The highest BCUT2D eigenvalue weighted by molar-refractivity contribution is 7.99. The minimum atomic E-state index is -0.661. The van der Waals surface area contributed by atoms with E-state index in [9.17, 15) is 4.79 Å². The molecule has 0 bridgehead atoms. The van der Waals surface area contributed by atoms with Gasteiger partial charge in [0.25, 0.3) is 0 Å². The maximum atomic E-state index is 11.9. The number of thioether (sulfide) groups is 1. The minimum absolute atomic E-state index is 0.0176. The van der Waals surface area contributed by atoms with Gasteiger partial charge in [-0.3, -0.25) is 4.79 Å². The van der Waals surface area contributed by atoms with Gasteiger partial charge >= 0.3 is 0 Å². The number of carbonyl (C=O) groups excluding carboxylic acids is 1. The minimum Gasteiger partial charge on any atom is -0.352 e. The van der Waals surface area contributed by atoms with E-state index in [2.05, 4.69) is 19.2 Å². The van der Waals surface area contributed by atoms with Gasteiger partial charge in [0.2, 0.25) is 5.91 Å². The van der Waals surface area contributed by atoms with E-state index >= 15 is 0 Å². The molecule has 1 amide bonds. The van der Waals surface area contributed by atoms with Gasteiger partial charge in [0.1, 0.15) is 0 Å². The molecule has 2 atom stereocenters. The maximum absolute atomic E-state index is 11.9. The van der Waals surface area contributed by atoms with Crippen LogP contribution in [0.2, 0.25) is 0 Å². The molecule has 0 heterocycles. The zero-order valence-electron chi connectivity index (χ0n) is 10.6. The quantitative estimate of drug-likeness (QED) is 0.671. The van der Waals surface area contributed by atoms with Crippen molar-refractivity contribution in [3.8, 4) is 0 Å². The first-order chi connectivity index (χ1) is 7.48. The normalized spacial score (nSPS) is 21.2. The Morgan fingerprint density at radius 1 is 1.62 bits per heavy atom. The van der Waals surface area contributed by atoms with Crippen LogP contribution in [0.1, 0.15) is 40.0 Å². The van der Waals surface area contributed by atoms with Gasteiger partial charge in [0.05, 0.1) is 5.54 Å². The number of amides is 1. The summed E-state index contributed by atoms with van der Waals surface area (Å²) >= 11 is 1.91. The number of carbonyl (C=O) groups is 1. The summed E-state index contributed by atoms with van der Waals surface area (Å²) in [6, 6.07) is 0.230. The Hall–Kier alpha value is -0.220. The first kappa shape index (κ1) is 13.8. The lowest BCUT2D eigenvalue weighted by molar-refractivity contribution is -0.127. The number of nitrogens with two attached hydrogens (primary N) is 1. The number of hydrogen-bond acceptors (Lipinski definition) is 3. The van der Waals surface area contributed by atoms with E-state index in [1.165, 1.54) is 0 Å². The average Bonchev–Trinajstić information content (AvgIpc) is 3.01. The lowest BCUT2D eigenvalue weighted by atomic mass is 9.96. The van der Waals surface area contributed by atoms with Crippen molar-refractivity contribution in [1.29, 1.82) is 0 Å². The lowest BCUT2D eigenvalue weighted by Gasteiger charge is -2.25. The Morgan fingerprint density at radius 3 is 2.75 bits per heavy atom. The fraction of sp³-hybridized carbons (Fsp3) is 0.917. The second-order valence-electron chi connectivity index (χ2n) is 4.92. The van der Waals surface area contributed by atoms with Gasteiger partial charge in [-0.1, -0.05) is 6.92 Å².